The Hall–Kier alpha value is -0.100. The molecule has 1 aromatic rings. The van der Waals surface area contributed by atoms with Crippen molar-refractivity contribution in [2.45, 2.75) is 54.8 Å². The zero-order valence-electron chi connectivity index (χ0n) is 11.9. The van der Waals surface area contributed by atoms with Gasteiger partial charge in [0.1, 0.15) is 5.03 Å². The molecule has 0 spiro atoms. The van der Waals surface area contributed by atoms with Crippen LogP contribution >= 0.6 is 27.7 Å². The lowest BCUT2D eigenvalue weighted by molar-refractivity contribution is 0.124. The van der Waals surface area contributed by atoms with Crippen LogP contribution < -0.4 is 5.32 Å². The molecule has 1 saturated carbocycles. The van der Waals surface area contributed by atoms with Gasteiger partial charge in [-0.05, 0) is 60.3 Å². The molecule has 0 aliphatic heterocycles. The van der Waals surface area contributed by atoms with E-state index in [2.05, 4.69) is 33.2 Å². The molecule has 5 heteroatoms. The fraction of sp³-hybridized carbons (Fsp3) is 0.667. The molecule has 2 rings (SSSR count). The molecular weight excluding hydrogens is 336 g/mol. The molecule has 1 aliphatic rings. The van der Waals surface area contributed by atoms with Gasteiger partial charge < -0.3 is 10.4 Å². The summed E-state index contributed by atoms with van der Waals surface area (Å²) in [5, 5.41) is 15.0. The number of aliphatic hydroxyl groups is 1. The average Bonchev–Trinajstić information content (AvgIpc) is 2.48. The van der Waals surface area contributed by atoms with Crippen LogP contribution in [-0.4, -0.2) is 34.0 Å². The van der Waals surface area contributed by atoms with Crippen LogP contribution in [0.15, 0.2) is 27.8 Å². The zero-order chi connectivity index (χ0) is 14.4. The second-order valence-electron chi connectivity index (χ2n) is 5.49. The molecule has 2 atom stereocenters. The Kier molecular flexibility index (Phi) is 6.33. The normalized spacial score (nSPS) is 26.6. The molecule has 0 saturated heterocycles. The van der Waals surface area contributed by atoms with Gasteiger partial charge in [0, 0.05) is 21.5 Å². The number of hydrogen-bond acceptors (Lipinski definition) is 4. The minimum absolute atomic E-state index is 0.0901. The lowest BCUT2D eigenvalue weighted by Crippen LogP contribution is -2.52. The van der Waals surface area contributed by atoms with Crippen LogP contribution in [0.5, 0.6) is 0 Å². The summed E-state index contributed by atoms with van der Waals surface area (Å²) in [5.74, 6) is 0. The molecule has 112 valence electrons. The zero-order valence-corrected chi connectivity index (χ0v) is 14.3. The van der Waals surface area contributed by atoms with Gasteiger partial charge in [0.25, 0.3) is 0 Å². The minimum atomic E-state index is -0.0901. The Bertz CT molecular complexity index is 432. The van der Waals surface area contributed by atoms with Gasteiger partial charge in [-0.2, -0.15) is 0 Å². The molecule has 1 aromatic heterocycles. The van der Waals surface area contributed by atoms with E-state index >= 15 is 0 Å². The predicted molar refractivity (Wildman–Crippen MR) is 88.2 cm³/mol. The van der Waals surface area contributed by atoms with Crippen molar-refractivity contribution in [3.05, 3.63) is 22.8 Å². The number of nitrogens with zero attached hydrogens (tertiary/aromatic N) is 1. The predicted octanol–water partition coefficient (Wildman–Crippen LogP) is 3.61. The van der Waals surface area contributed by atoms with Gasteiger partial charge >= 0.3 is 0 Å². The highest BCUT2D eigenvalue weighted by atomic mass is 79.9. The van der Waals surface area contributed by atoms with Crippen LogP contribution in [0.4, 0.5) is 0 Å². The Morgan fingerprint density at radius 3 is 3.15 bits per heavy atom. The van der Waals surface area contributed by atoms with Crippen LogP contribution in [-0.2, 0) is 0 Å². The summed E-state index contributed by atoms with van der Waals surface area (Å²) in [6, 6.07) is 3.97. The number of hydrogen-bond donors (Lipinski definition) is 2. The monoisotopic (exact) mass is 358 g/mol. The standard InChI is InChI=1S/C15H23BrN2OS/c1-2-8-18-15(11-19)7-3-5-12(10-15)20-14-13(16)6-4-9-17-14/h4,6,9,12,18-19H,2-3,5,7-8,10-11H2,1H3. The topological polar surface area (TPSA) is 45.1 Å². The van der Waals surface area contributed by atoms with Crippen molar-refractivity contribution in [2.75, 3.05) is 13.2 Å². The van der Waals surface area contributed by atoms with E-state index in [9.17, 15) is 5.11 Å². The third-order valence-electron chi connectivity index (χ3n) is 3.86. The number of nitrogens with one attached hydrogen (secondary N) is 1. The van der Waals surface area contributed by atoms with Crippen molar-refractivity contribution < 1.29 is 5.11 Å². The van der Waals surface area contributed by atoms with Crippen LogP contribution in [0.25, 0.3) is 0 Å². The SMILES string of the molecule is CCCNC1(CO)CCCC(Sc2ncccc2Br)C1. The summed E-state index contributed by atoms with van der Waals surface area (Å²) >= 11 is 5.40. The summed E-state index contributed by atoms with van der Waals surface area (Å²) in [6.45, 7) is 3.37. The Balaban J connectivity index is 2.01. The molecule has 1 heterocycles. The van der Waals surface area contributed by atoms with E-state index in [4.69, 9.17) is 0 Å². The maximum absolute atomic E-state index is 9.81. The molecule has 1 aliphatic carbocycles. The molecule has 0 amide bonds. The second-order valence-corrected chi connectivity index (χ2v) is 7.64. The van der Waals surface area contributed by atoms with Crippen LogP contribution in [0.3, 0.4) is 0 Å². The van der Waals surface area contributed by atoms with E-state index in [1.807, 2.05) is 30.1 Å². The summed E-state index contributed by atoms with van der Waals surface area (Å²) in [4.78, 5) is 4.44. The summed E-state index contributed by atoms with van der Waals surface area (Å²) in [5.41, 5.74) is -0.0901. The first-order valence-corrected chi connectivity index (χ1v) is 8.99. The number of aliphatic hydroxyl groups excluding tert-OH is 1. The van der Waals surface area contributed by atoms with E-state index in [0.717, 1.165) is 35.3 Å². The van der Waals surface area contributed by atoms with E-state index in [1.165, 1.54) is 12.8 Å². The number of halogens is 1. The van der Waals surface area contributed by atoms with Crippen molar-refractivity contribution in [2.24, 2.45) is 0 Å². The van der Waals surface area contributed by atoms with Crippen molar-refractivity contribution >= 4 is 27.7 Å². The number of pyridine rings is 1. The van der Waals surface area contributed by atoms with Crippen LogP contribution in [0.1, 0.15) is 39.0 Å². The van der Waals surface area contributed by atoms with Crippen molar-refractivity contribution in [1.29, 1.82) is 0 Å². The van der Waals surface area contributed by atoms with E-state index in [-0.39, 0.29) is 12.1 Å². The number of aromatic nitrogens is 1. The van der Waals surface area contributed by atoms with Crippen molar-refractivity contribution in [3.63, 3.8) is 0 Å². The lowest BCUT2D eigenvalue weighted by atomic mass is 9.82. The molecule has 3 nitrogen and oxygen atoms in total. The van der Waals surface area contributed by atoms with E-state index < -0.39 is 0 Å². The van der Waals surface area contributed by atoms with Crippen LogP contribution in [0, 0.1) is 0 Å². The molecular formula is C15H23BrN2OS. The Labute approximate surface area is 134 Å². The van der Waals surface area contributed by atoms with Crippen LogP contribution in [0.2, 0.25) is 0 Å². The molecule has 1 fully saturated rings. The molecule has 20 heavy (non-hydrogen) atoms. The number of thioether (sulfide) groups is 1. The van der Waals surface area contributed by atoms with Crippen molar-refractivity contribution in [3.8, 4) is 0 Å². The highest BCUT2D eigenvalue weighted by Gasteiger charge is 2.35. The summed E-state index contributed by atoms with van der Waals surface area (Å²) in [6.07, 6.45) is 7.39. The molecule has 0 bridgehead atoms. The largest absolute Gasteiger partial charge is 0.394 e. The molecule has 2 unspecified atom stereocenters. The van der Waals surface area contributed by atoms with Gasteiger partial charge in [-0.15, -0.1) is 11.8 Å². The van der Waals surface area contributed by atoms with Gasteiger partial charge in [0.2, 0.25) is 0 Å². The van der Waals surface area contributed by atoms with E-state index in [1.54, 1.807) is 0 Å². The highest BCUT2D eigenvalue weighted by Crippen LogP contribution is 2.39. The highest BCUT2D eigenvalue weighted by molar-refractivity contribution is 9.10. The third-order valence-corrected chi connectivity index (χ3v) is 6.04. The lowest BCUT2D eigenvalue weighted by Gasteiger charge is -2.40. The van der Waals surface area contributed by atoms with E-state index in [0.29, 0.717) is 5.25 Å². The third kappa shape index (κ3) is 4.20. The molecule has 0 radical (unpaired) electrons. The fourth-order valence-corrected chi connectivity index (χ4v) is 4.61. The Morgan fingerprint density at radius 1 is 1.60 bits per heavy atom. The average molecular weight is 359 g/mol. The van der Waals surface area contributed by atoms with Gasteiger partial charge in [0.05, 0.1) is 6.61 Å². The van der Waals surface area contributed by atoms with Gasteiger partial charge in [-0.3, -0.25) is 0 Å². The quantitative estimate of drug-likeness (QED) is 0.815. The first-order valence-electron chi connectivity index (χ1n) is 7.32. The smallest absolute Gasteiger partial charge is 0.110 e. The molecule has 2 N–H and O–H groups in total. The first kappa shape index (κ1) is 16.3. The fourth-order valence-electron chi connectivity index (χ4n) is 2.77. The van der Waals surface area contributed by atoms with Gasteiger partial charge in [-0.1, -0.05) is 13.3 Å². The van der Waals surface area contributed by atoms with Crippen molar-refractivity contribution in [1.82, 2.24) is 10.3 Å². The Morgan fingerprint density at radius 2 is 2.45 bits per heavy atom. The second kappa shape index (κ2) is 7.78. The minimum Gasteiger partial charge on any atom is -0.394 e. The van der Waals surface area contributed by atoms with Gasteiger partial charge in [0.15, 0.2) is 0 Å². The first-order chi connectivity index (χ1) is 9.69. The van der Waals surface area contributed by atoms with Gasteiger partial charge in [-0.25, -0.2) is 4.98 Å². The summed E-state index contributed by atoms with van der Waals surface area (Å²) < 4.78 is 1.06. The summed E-state index contributed by atoms with van der Waals surface area (Å²) in [7, 11) is 0. The number of rotatable bonds is 6. The maximum atomic E-state index is 9.81. The molecule has 0 aromatic carbocycles. The maximum Gasteiger partial charge on any atom is 0.110 e.